The maximum atomic E-state index is 10.8. The minimum atomic E-state index is -1.30. The molecular formula is C14H14ClN3O. The van der Waals surface area contributed by atoms with Crippen LogP contribution in [0.3, 0.4) is 0 Å². The van der Waals surface area contributed by atoms with E-state index in [0.29, 0.717) is 28.4 Å². The summed E-state index contributed by atoms with van der Waals surface area (Å²) in [5.74, 6) is 0. The van der Waals surface area contributed by atoms with Crippen molar-refractivity contribution in [3.05, 3.63) is 52.3 Å². The Kier molecular flexibility index (Phi) is 3.61. The van der Waals surface area contributed by atoms with Crippen LogP contribution in [0.25, 0.3) is 0 Å². The van der Waals surface area contributed by atoms with Gasteiger partial charge in [0.15, 0.2) is 0 Å². The van der Waals surface area contributed by atoms with Gasteiger partial charge in [0.2, 0.25) is 0 Å². The van der Waals surface area contributed by atoms with Gasteiger partial charge in [-0.05, 0) is 31.5 Å². The number of nitriles is 1. The van der Waals surface area contributed by atoms with Gasteiger partial charge in [0, 0.05) is 6.54 Å². The average Bonchev–Trinajstić information content (AvgIpc) is 2.80. The van der Waals surface area contributed by atoms with Crippen molar-refractivity contribution in [2.75, 3.05) is 0 Å². The van der Waals surface area contributed by atoms with Gasteiger partial charge in [-0.2, -0.15) is 10.4 Å². The van der Waals surface area contributed by atoms with E-state index in [1.807, 2.05) is 6.92 Å². The predicted molar refractivity (Wildman–Crippen MR) is 72.7 cm³/mol. The largest absolute Gasteiger partial charge is 0.379 e. The number of aliphatic hydroxyl groups is 1. The molecule has 0 aliphatic carbocycles. The number of halogens is 1. The minimum Gasteiger partial charge on any atom is -0.379 e. The topological polar surface area (TPSA) is 61.8 Å². The van der Waals surface area contributed by atoms with Crippen LogP contribution in [0.15, 0.2) is 30.5 Å². The van der Waals surface area contributed by atoms with Gasteiger partial charge in [-0.1, -0.05) is 23.7 Å². The fourth-order valence-electron chi connectivity index (χ4n) is 2.11. The van der Waals surface area contributed by atoms with Gasteiger partial charge in [0.1, 0.15) is 5.60 Å². The SMILES string of the molecule is CCn1ncc(Cl)c1C(C)(O)c1cccc(C#N)c1. The molecule has 1 N–H and O–H groups in total. The maximum Gasteiger partial charge on any atom is 0.130 e. The predicted octanol–water partition coefficient (Wildman–Crippen LogP) is 2.68. The number of aryl methyl sites for hydroxylation is 1. The highest BCUT2D eigenvalue weighted by Gasteiger charge is 2.32. The van der Waals surface area contributed by atoms with Gasteiger partial charge < -0.3 is 5.11 Å². The summed E-state index contributed by atoms with van der Waals surface area (Å²) >= 11 is 6.12. The van der Waals surface area contributed by atoms with E-state index in [2.05, 4.69) is 11.2 Å². The first-order valence-electron chi connectivity index (χ1n) is 5.95. The van der Waals surface area contributed by atoms with Gasteiger partial charge in [0.05, 0.1) is 28.5 Å². The average molecular weight is 276 g/mol. The van der Waals surface area contributed by atoms with Crippen LogP contribution >= 0.6 is 11.6 Å². The van der Waals surface area contributed by atoms with Crippen molar-refractivity contribution in [2.45, 2.75) is 26.0 Å². The Morgan fingerprint density at radius 2 is 2.26 bits per heavy atom. The van der Waals surface area contributed by atoms with Crippen molar-refractivity contribution < 1.29 is 5.11 Å². The van der Waals surface area contributed by atoms with E-state index in [4.69, 9.17) is 16.9 Å². The molecule has 0 saturated carbocycles. The lowest BCUT2D eigenvalue weighted by atomic mass is 9.91. The number of hydrogen-bond donors (Lipinski definition) is 1. The van der Waals surface area contributed by atoms with E-state index in [1.165, 1.54) is 6.20 Å². The molecular weight excluding hydrogens is 262 g/mol. The van der Waals surface area contributed by atoms with E-state index in [1.54, 1.807) is 35.9 Å². The van der Waals surface area contributed by atoms with Crippen LogP contribution in [0.4, 0.5) is 0 Å². The zero-order valence-electron chi connectivity index (χ0n) is 10.8. The third kappa shape index (κ3) is 2.35. The molecule has 0 aliphatic heterocycles. The number of benzene rings is 1. The molecule has 0 bridgehead atoms. The molecule has 2 aromatic rings. The van der Waals surface area contributed by atoms with Crippen molar-refractivity contribution in [3.8, 4) is 6.07 Å². The Labute approximate surface area is 116 Å². The molecule has 2 rings (SSSR count). The first kappa shape index (κ1) is 13.6. The summed E-state index contributed by atoms with van der Waals surface area (Å²) in [5, 5.41) is 24.3. The van der Waals surface area contributed by atoms with E-state index >= 15 is 0 Å². The lowest BCUT2D eigenvalue weighted by molar-refractivity contribution is 0.0918. The van der Waals surface area contributed by atoms with Crippen molar-refractivity contribution in [1.29, 1.82) is 5.26 Å². The van der Waals surface area contributed by atoms with Crippen LogP contribution in [0.2, 0.25) is 5.02 Å². The Morgan fingerprint density at radius 1 is 1.53 bits per heavy atom. The minimum absolute atomic E-state index is 0.411. The standard InChI is InChI=1S/C14H14ClN3O/c1-3-18-13(12(15)9-17-18)14(2,19)11-6-4-5-10(7-11)8-16/h4-7,9,19H,3H2,1-2H3. The Hall–Kier alpha value is -1.83. The normalized spacial score (nSPS) is 13.8. The molecule has 0 saturated heterocycles. The van der Waals surface area contributed by atoms with Crippen LogP contribution < -0.4 is 0 Å². The van der Waals surface area contributed by atoms with Crippen molar-refractivity contribution >= 4 is 11.6 Å². The molecule has 1 unspecified atom stereocenters. The summed E-state index contributed by atoms with van der Waals surface area (Å²) in [4.78, 5) is 0. The quantitative estimate of drug-likeness (QED) is 0.937. The summed E-state index contributed by atoms with van der Waals surface area (Å²) in [6.45, 7) is 4.18. The van der Waals surface area contributed by atoms with E-state index in [0.717, 1.165) is 0 Å². The fraction of sp³-hybridized carbons (Fsp3) is 0.286. The molecule has 0 aliphatic rings. The highest BCUT2D eigenvalue weighted by atomic mass is 35.5. The monoisotopic (exact) mass is 275 g/mol. The Morgan fingerprint density at radius 3 is 2.89 bits per heavy atom. The lowest BCUT2D eigenvalue weighted by Crippen LogP contribution is -2.27. The molecule has 5 heteroatoms. The molecule has 1 atom stereocenters. The molecule has 1 heterocycles. The van der Waals surface area contributed by atoms with Crippen LogP contribution in [0.1, 0.15) is 30.7 Å². The van der Waals surface area contributed by atoms with Crippen molar-refractivity contribution in [1.82, 2.24) is 9.78 Å². The molecule has 0 radical (unpaired) electrons. The molecule has 98 valence electrons. The molecule has 0 amide bonds. The second-order valence-electron chi connectivity index (χ2n) is 4.42. The first-order chi connectivity index (χ1) is 9.00. The van der Waals surface area contributed by atoms with Gasteiger partial charge in [-0.25, -0.2) is 0 Å². The van der Waals surface area contributed by atoms with Gasteiger partial charge >= 0.3 is 0 Å². The fourth-order valence-corrected chi connectivity index (χ4v) is 2.44. The summed E-state index contributed by atoms with van der Waals surface area (Å²) in [6, 6.07) is 8.92. The highest BCUT2D eigenvalue weighted by Crippen LogP contribution is 2.34. The Bertz CT molecular complexity index is 640. The smallest absolute Gasteiger partial charge is 0.130 e. The van der Waals surface area contributed by atoms with Gasteiger partial charge in [0.25, 0.3) is 0 Å². The summed E-state index contributed by atoms with van der Waals surface area (Å²) in [5.41, 5.74) is 0.350. The molecule has 0 fully saturated rings. The molecule has 0 spiro atoms. The van der Waals surface area contributed by atoms with Crippen molar-refractivity contribution in [3.63, 3.8) is 0 Å². The van der Waals surface area contributed by atoms with Crippen LogP contribution in [0, 0.1) is 11.3 Å². The van der Waals surface area contributed by atoms with Crippen LogP contribution in [-0.2, 0) is 12.1 Å². The van der Waals surface area contributed by atoms with Gasteiger partial charge in [-0.3, -0.25) is 4.68 Å². The summed E-state index contributed by atoms with van der Waals surface area (Å²) in [7, 11) is 0. The Balaban J connectivity index is 2.58. The first-order valence-corrected chi connectivity index (χ1v) is 6.33. The highest BCUT2D eigenvalue weighted by molar-refractivity contribution is 6.31. The number of rotatable bonds is 3. The van der Waals surface area contributed by atoms with E-state index in [9.17, 15) is 5.11 Å². The third-order valence-corrected chi connectivity index (χ3v) is 3.39. The summed E-state index contributed by atoms with van der Waals surface area (Å²) < 4.78 is 1.65. The second kappa shape index (κ2) is 5.04. The molecule has 19 heavy (non-hydrogen) atoms. The van der Waals surface area contributed by atoms with Crippen molar-refractivity contribution in [2.24, 2.45) is 0 Å². The van der Waals surface area contributed by atoms with Crippen LogP contribution in [0.5, 0.6) is 0 Å². The number of aromatic nitrogens is 2. The van der Waals surface area contributed by atoms with E-state index in [-0.39, 0.29) is 0 Å². The van der Waals surface area contributed by atoms with E-state index < -0.39 is 5.60 Å². The number of hydrogen-bond acceptors (Lipinski definition) is 3. The molecule has 1 aromatic heterocycles. The third-order valence-electron chi connectivity index (χ3n) is 3.11. The second-order valence-corrected chi connectivity index (χ2v) is 4.83. The molecule has 4 nitrogen and oxygen atoms in total. The zero-order chi connectivity index (χ0) is 14.0. The van der Waals surface area contributed by atoms with Crippen LogP contribution in [-0.4, -0.2) is 14.9 Å². The summed E-state index contributed by atoms with van der Waals surface area (Å²) in [6.07, 6.45) is 1.52. The number of nitrogens with zero attached hydrogens (tertiary/aromatic N) is 3. The zero-order valence-corrected chi connectivity index (χ0v) is 11.5. The molecule has 1 aromatic carbocycles. The maximum absolute atomic E-state index is 10.8. The lowest BCUT2D eigenvalue weighted by Gasteiger charge is -2.25. The van der Waals surface area contributed by atoms with Gasteiger partial charge in [-0.15, -0.1) is 0 Å².